The van der Waals surface area contributed by atoms with Crippen LogP contribution in [0.3, 0.4) is 0 Å². The van der Waals surface area contributed by atoms with Gasteiger partial charge in [0, 0.05) is 17.7 Å². The molecule has 0 amide bonds. The standard InChI is InChI=1S/C12H7F2N3/c1-7-16-9(6-15)5-12(17-7)10-3-2-8(13)4-11(10)14/h2-5H,1H3. The first-order valence-corrected chi connectivity index (χ1v) is 4.81. The monoisotopic (exact) mass is 231 g/mol. The van der Waals surface area contributed by atoms with Gasteiger partial charge in [-0.05, 0) is 19.1 Å². The summed E-state index contributed by atoms with van der Waals surface area (Å²) in [7, 11) is 0. The topological polar surface area (TPSA) is 49.6 Å². The largest absolute Gasteiger partial charge is 0.233 e. The minimum atomic E-state index is -0.716. The van der Waals surface area contributed by atoms with Crippen molar-refractivity contribution >= 4 is 0 Å². The highest BCUT2D eigenvalue weighted by atomic mass is 19.1. The van der Waals surface area contributed by atoms with Gasteiger partial charge in [-0.1, -0.05) is 0 Å². The maximum absolute atomic E-state index is 13.5. The van der Waals surface area contributed by atoms with Crippen LogP contribution < -0.4 is 0 Å². The molecule has 5 heteroatoms. The minimum Gasteiger partial charge on any atom is -0.233 e. The Morgan fingerprint density at radius 3 is 2.59 bits per heavy atom. The van der Waals surface area contributed by atoms with Gasteiger partial charge in [0.15, 0.2) is 0 Å². The van der Waals surface area contributed by atoms with Crippen LogP contribution in [0.4, 0.5) is 8.78 Å². The van der Waals surface area contributed by atoms with Crippen molar-refractivity contribution < 1.29 is 8.78 Å². The molecule has 0 spiro atoms. The highest BCUT2D eigenvalue weighted by molar-refractivity contribution is 5.60. The van der Waals surface area contributed by atoms with Crippen LogP contribution in [0.15, 0.2) is 24.3 Å². The lowest BCUT2D eigenvalue weighted by Gasteiger charge is -2.04. The van der Waals surface area contributed by atoms with E-state index in [9.17, 15) is 8.78 Å². The Labute approximate surface area is 96.4 Å². The van der Waals surface area contributed by atoms with E-state index in [4.69, 9.17) is 5.26 Å². The summed E-state index contributed by atoms with van der Waals surface area (Å²) in [6, 6.07) is 6.43. The molecule has 1 heterocycles. The van der Waals surface area contributed by atoms with Gasteiger partial charge in [-0.15, -0.1) is 0 Å². The van der Waals surface area contributed by atoms with Crippen molar-refractivity contribution in [3.63, 3.8) is 0 Å². The maximum atomic E-state index is 13.5. The Morgan fingerprint density at radius 1 is 1.18 bits per heavy atom. The van der Waals surface area contributed by atoms with Gasteiger partial charge in [-0.25, -0.2) is 18.7 Å². The first-order valence-electron chi connectivity index (χ1n) is 4.81. The molecule has 0 aliphatic heterocycles. The van der Waals surface area contributed by atoms with E-state index in [2.05, 4.69) is 9.97 Å². The summed E-state index contributed by atoms with van der Waals surface area (Å²) in [5.74, 6) is -1.01. The van der Waals surface area contributed by atoms with Gasteiger partial charge in [0.05, 0.1) is 5.69 Å². The first-order chi connectivity index (χ1) is 8.10. The van der Waals surface area contributed by atoms with Crippen LogP contribution in [0.5, 0.6) is 0 Å². The summed E-state index contributed by atoms with van der Waals surface area (Å²) in [4.78, 5) is 7.87. The molecule has 84 valence electrons. The van der Waals surface area contributed by atoms with E-state index in [0.29, 0.717) is 5.82 Å². The molecule has 0 saturated carbocycles. The number of rotatable bonds is 1. The van der Waals surface area contributed by atoms with Crippen LogP contribution >= 0.6 is 0 Å². The summed E-state index contributed by atoms with van der Waals surface area (Å²) in [5.41, 5.74) is 0.566. The van der Waals surface area contributed by atoms with Crippen LogP contribution in [0.1, 0.15) is 11.5 Å². The van der Waals surface area contributed by atoms with E-state index in [1.54, 1.807) is 6.92 Å². The van der Waals surface area contributed by atoms with Crippen LogP contribution in [0.2, 0.25) is 0 Å². The smallest absolute Gasteiger partial charge is 0.144 e. The van der Waals surface area contributed by atoms with Crippen molar-refractivity contribution in [3.8, 4) is 17.3 Å². The van der Waals surface area contributed by atoms with E-state index in [1.807, 2.05) is 6.07 Å². The molecule has 0 N–H and O–H groups in total. The van der Waals surface area contributed by atoms with Gasteiger partial charge in [-0.3, -0.25) is 0 Å². The van der Waals surface area contributed by atoms with Crippen molar-refractivity contribution in [2.24, 2.45) is 0 Å². The average molecular weight is 231 g/mol. The third kappa shape index (κ3) is 2.26. The molecule has 3 nitrogen and oxygen atoms in total. The van der Waals surface area contributed by atoms with Gasteiger partial charge in [0.1, 0.15) is 29.2 Å². The Bertz CT molecular complexity index is 618. The molecule has 1 aromatic heterocycles. The molecule has 0 aliphatic carbocycles. The summed E-state index contributed by atoms with van der Waals surface area (Å²) in [6.45, 7) is 1.60. The van der Waals surface area contributed by atoms with Crippen molar-refractivity contribution in [3.05, 3.63) is 47.4 Å². The molecule has 2 aromatic rings. The zero-order valence-corrected chi connectivity index (χ0v) is 8.91. The number of benzene rings is 1. The fourth-order valence-corrected chi connectivity index (χ4v) is 1.46. The normalized spacial score (nSPS) is 10.0. The predicted molar refractivity (Wildman–Crippen MR) is 56.8 cm³/mol. The van der Waals surface area contributed by atoms with E-state index < -0.39 is 11.6 Å². The summed E-state index contributed by atoms with van der Waals surface area (Å²) < 4.78 is 26.3. The molecule has 0 radical (unpaired) electrons. The highest BCUT2D eigenvalue weighted by Gasteiger charge is 2.09. The van der Waals surface area contributed by atoms with E-state index in [-0.39, 0.29) is 17.0 Å². The number of nitriles is 1. The number of aryl methyl sites for hydroxylation is 1. The Hall–Kier alpha value is -2.35. The Balaban J connectivity index is 2.61. The molecule has 1 aromatic carbocycles. The molecule has 0 fully saturated rings. The lowest BCUT2D eigenvalue weighted by molar-refractivity contribution is 0.585. The molecule has 2 rings (SSSR count). The molecule has 0 aliphatic rings. The fraction of sp³-hybridized carbons (Fsp3) is 0.0833. The van der Waals surface area contributed by atoms with Gasteiger partial charge < -0.3 is 0 Å². The average Bonchev–Trinajstić information content (AvgIpc) is 2.28. The highest BCUT2D eigenvalue weighted by Crippen LogP contribution is 2.22. The summed E-state index contributed by atoms with van der Waals surface area (Å²) >= 11 is 0. The molecular formula is C12H7F2N3. The second-order valence-corrected chi connectivity index (χ2v) is 3.42. The molecule has 0 atom stereocenters. The van der Waals surface area contributed by atoms with Gasteiger partial charge in [0.2, 0.25) is 0 Å². The SMILES string of the molecule is Cc1nc(C#N)cc(-c2ccc(F)cc2F)n1. The molecule has 0 bridgehead atoms. The third-order valence-electron chi connectivity index (χ3n) is 2.16. The van der Waals surface area contributed by atoms with Crippen LogP contribution in [-0.4, -0.2) is 9.97 Å². The van der Waals surface area contributed by atoms with Crippen molar-refractivity contribution in [1.82, 2.24) is 9.97 Å². The van der Waals surface area contributed by atoms with Crippen LogP contribution in [-0.2, 0) is 0 Å². The lowest BCUT2D eigenvalue weighted by atomic mass is 10.1. The number of aromatic nitrogens is 2. The number of nitrogens with zero attached hydrogens (tertiary/aromatic N) is 3. The third-order valence-corrected chi connectivity index (χ3v) is 2.16. The van der Waals surface area contributed by atoms with Gasteiger partial charge in [0.25, 0.3) is 0 Å². The Morgan fingerprint density at radius 2 is 1.94 bits per heavy atom. The zero-order chi connectivity index (χ0) is 12.4. The van der Waals surface area contributed by atoms with Crippen LogP contribution in [0, 0.1) is 29.9 Å². The van der Waals surface area contributed by atoms with Gasteiger partial charge in [-0.2, -0.15) is 5.26 Å². The lowest BCUT2D eigenvalue weighted by Crippen LogP contribution is -1.96. The molecular weight excluding hydrogens is 224 g/mol. The zero-order valence-electron chi connectivity index (χ0n) is 8.91. The van der Waals surface area contributed by atoms with Crippen LogP contribution in [0.25, 0.3) is 11.3 Å². The number of halogens is 2. The fourth-order valence-electron chi connectivity index (χ4n) is 1.46. The minimum absolute atomic E-state index is 0.147. The van der Waals surface area contributed by atoms with Crippen molar-refractivity contribution in [2.75, 3.05) is 0 Å². The van der Waals surface area contributed by atoms with Gasteiger partial charge >= 0.3 is 0 Å². The molecule has 0 saturated heterocycles. The Kier molecular flexibility index (Phi) is 2.79. The van der Waals surface area contributed by atoms with E-state index in [1.165, 1.54) is 12.1 Å². The molecule has 0 unspecified atom stereocenters. The number of hydrogen-bond donors (Lipinski definition) is 0. The summed E-state index contributed by atoms with van der Waals surface area (Å²) in [5, 5.41) is 8.75. The second kappa shape index (κ2) is 4.26. The maximum Gasteiger partial charge on any atom is 0.144 e. The summed E-state index contributed by atoms with van der Waals surface area (Å²) in [6.07, 6.45) is 0. The van der Waals surface area contributed by atoms with E-state index >= 15 is 0 Å². The number of hydrogen-bond acceptors (Lipinski definition) is 3. The first kappa shape index (κ1) is 11.1. The van der Waals surface area contributed by atoms with E-state index in [0.717, 1.165) is 12.1 Å². The molecule has 17 heavy (non-hydrogen) atoms. The quantitative estimate of drug-likeness (QED) is 0.757. The predicted octanol–water partition coefficient (Wildman–Crippen LogP) is 2.60. The second-order valence-electron chi connectivity index (χ2n) is 3.42. The van der Waals surface area contributed by atoms with Crippen molar-refractivity contribution in [2.45, 2.75) is 6.92 Å². The van der Waals surface area contributed by atoms with Crippen molar-refractivity contribution in [1.29, 1.82) is 5.26 Å².